The monoisotopic (exact) mass is 251 g/mol. The zero-order valence-electron chi connectivity index (χ0n) is 11.4. The average molecular weight is 251 g/mol. The Morgan fingerprint density at radius 1 is 1.28 bits per heavy atom. The lowest BCUT2D eigenvalue weighted by molar-refractivity contribution is 0.0377. The molecule has 0 radical (unpaired) electrons. The van der Waals surface area contributed by atoms with Gasteiger partial charge in [0.15, 0.2) is 0 Å². The van der Waals surface area contributed by atoms with Crippen molar-refractivity contribution < 1.29 is 14.3 Å². The normalized spacial score (nSPS) is 10.8. The molecule has 1 rings (SSSR count). The first-order valence-electron chi connectivity index (χ1n) is 6.13. The first-order valence-corrected chi connectivity index (χ1v) is 6.13. The summed E-state index contributed by atoms with van der Waals surface area (Å²) in [4.78, 5) is 11.7. The van der Waals surface area contributed by atoms with Crippen molar-refractivity contribution in [1.82, 2.24) is 0 Å². The second-order valence-corrected chi connectivity index (χ2v) is 4.91. The molecule has 2 N–H and O–H groups in total. The minimum absolute atomic E-state index is 0.143. The number of hydrogen-bond donors (Lipinski definition) is 1. The highest BCUT2D eigenvalue weighted by Gasteiger charge is 2.12. The fourth-order valence-electron chi connectivity index (χ4n) is 1.32. The summed E-state index contributed by atoms with van der Waals surface area (Å²) in [6.07, 6.45) is -0.143. The van der Waals surface area contributed by atoms with Crippen molar-refractivity contribution in [1.29, 1.82) is 0 Å². The van der Waals surface area contributed by atoms with Gasteiger partial charge in [-0.1, -0.05) is 13.8 Å². The van der Waals surface area contributed by atoms with Gasteiger partial charge in [-0.15, -0.1) is 0 Å². The van der Waals surface area contributed by atoms with Gasteiger partial charge in [0.25, 0.3) is 0 Å². The Kier molecular flexibility index (Phi) is 5.01. The molecule has 0 aromatic heterocycles. The molecule has 0 heterocycles. The molecule has 0 saturated carbocycles. The van der Waals surface area contributed by atoms with Crippen LogP contribution in [0.5, 0.6) is 5.75 Å². The van der Waals surface area contributed by atoms with E-state index in [1.165, 1.54) is 0 Å². The Bertz CT molecular complexity index is 414. The third-order valence-corrected chi connectivity index (χ3v) is 2.16. The molecule has 4 nitrogen and oxygen atoms in total. The summed E-state index contributed by atoms with van der Waals surface area (Å²) in [5, 5.41) is 0. The Balaban J connectivity index is 2.83. The van der Waals surface area contributed by atoms with E-state index in [9.17, 15) is 4.79 Å². The molecule has 0 saturated heterocycles. The van der Waals surface area contributed by atoms with E-state index in [2.05, 4.69) is 0 Å². The quantitative estimate of drug-likeness (QED) is 0.645. The van der Waals surface area contributed by atoms with Crippen LogP contribution < -0.4 is 10.5 Å². The fourth-order valence-corrected chi connectivity index (χ4v) is 1.32. The van der Waals surface area contributed by atoms with Gasteiger partial charge in [0.05, 0.1) is 24.0 Å². The van der Waals surface area contributed by atoms with E-state index in [0.717, 1.165) is 0 Å². The third-order valence-electron chi connectivity index (χ3n) is 2.16. The van der Waals surface area contributed by atoms with Gasteiger partial charge in [-0.05, 0) is 38.0 Å². The molecular weight excluding hydrogens is 230 g/mol. The Morgan fingerprint density at radius 3 is 2.50 bits per heavy atom. The molecule has 1 aromatic carbocycles. The molecule has 0 aliphatic carbocycles. The molecule has 100 valence electrons. The van der Waals surface area contributed by atoms with E-state index in [1.54, 1.807) is 18.2 Å². The summed E-state index contributed by atoms with van der Waals surface area (Å²) >= 11 is 0. The number of hydrogen-bond acceptors (Lipinski definition) is 4. The molecule has 1 aromatic rings. The number of anilines is 1. The van der Waals surface area contributed by atoms with Crippen molar-refractivity contribution in [3.8, 4) is 5.75 Å². The highest BCUT2D eigenvalue weighted by molar-refractivity contribution is 5.90. The molecule has 0 fully saturated rings. The van der Waals surface area contributed by atoms with E-state index in [0.29, 0.717) is 29.5 Å². The maximum Gasteiger partial charge on any atom is 0.338 e. The Labute approximate surface area is 108 Å². The maximum atomic E-state index is 11.7. The van der Waals surface area contributed by atoms with E-state index >= 15 is 0 Å². The summed E-state index contributed by atoms with van der Waals surface area (Å²) in [7, 11) is 0. The molecule has 4 heteroatoms. The number of carbonyl (C=O) groups is 1. The van der Waals surface area contributed by atoms with Crippen LogP contribution in [0, 0.1) is 5.92 Å². The van der Waals surface area contributed by atoms with Crippen molar-refractivity contribution >= 4 is 11.7 Å². The predicted molar refractivity (Wildman–Crippen MR) is 71.7 cm³/mol. The van der Waals surface area contributed by atoms with Crippen LogP contribution in [-0.2, 0) is 4.74 Å². The Hall–Kier alpha value is -1.71. The molecule has 0 spiro atoms. The second kappa shape index (κ2) is 6.28. The van der Waals surface area contributed by atoms with Gasteiger partial charge in [0.2, 0.25) is 0 Å². The van der Waals surface area contributed by atoms with Crippen molar-refractivity contribution in [2.75, 3.05) is 12.3 Å². The number of esters is 1. The zero-order chi connectivity index (χ0) is 13.7. The molecule has 18 heavy (non-hydrogen) atoms. The first kappa shape index (κ1) is 14.4. The molecule has 0 unspecified atom stereocenters. The van der Waals surface area contributed by atoms with Gasteiger partial charge in [0, 0.05) is 0 Å². The summed E-state index contributed by atoms with van der Waals surface area (Å²) in [6, 6.07) is 4.93. The highest BCUT2D eigenvalue weighted by atomic mass is 16.5. The number of rotatable bonds is 5. The summed E-state index contributed by atoms with van der Waals surface area (Å²) in [5.41, 5.74) is 6.78. The van der Waals surface area contributed by atoms with Crippen LogP contribution in [0.4, 0.5) is 5.69 Å². The smallest absolute Gasteiger partial charge is 0.338 e. The van der Waals surface area contributed by atoms with Crippen molar-refractivity contribution in [3.05, 3.63) is 23.8 Å². The van der Waals surface area contributed by atoms with Crippen LogP contribution in [-0.4, -0.2) is 18.7 Å². The molecule has 0 aliphatic heterocycles. The van der Waals surface area contributed by atoms with Crippen LogP contribution in [0.1, 0.15) is 38.1 Å². The summed E-state index contributed by atoms with van der Waals surface area (Å²) in [6.45, 7) is 8.28. The number of carbonyl (C=O) groups excluding carboxylic acids is 1. The average Bonchev–Trinajstić information content (AvgIpc) is 2.26. The highest BCUT2D eigenvalue weighted by Crippen LogP contribution is 2.24. The van der Waals surface area contributed by atoms with Crippen LogP contribution in [0.2, 0.25) is 0 Å². The third kappa shape index (κ3) is 4.28. The molecule has 0 atom stereocenters. The fraction of sp³-hybridized carbons (Fsp3) is 0.500. The van der Waals surface area contributed by atoms with Gasteiger partial charge in [-0.25, -0.2) is 4.79 Å². The largest absolute Gasteiger partial charge is 0.491 e. The lowest BCUT2D eigenvalue weighted by Crippen LogP contribution is -2.12. The number of nitrogens with two attached hydrogens (primary N) is 1. The number of ether oxygens (including phenoxy) is 2. The second-order valence-electron chi connectivity index (χ2n) is 4.91. The first-order chi connectivity index (χ1) is 8.40. The molecule has 0 amide bonds. The van der Waals surface area contributed by atoms with Gasteiger partial charge in [-0.2, -0.15) is 0 Å². The summed E-state index contributed by atoms with van der Waals surface area (Å²) in [5.74, 6) is 0.567. The van der Waals surface area contributed by atoms with Crippen LogP contribution in [0.25, 0.3) is 0 Å². The van der Waals surface area contributed by atoms with Crippen LogP contribution in [0.15, 0.2) is 18.2 Å². The lowest BCUT2D eigenvalue weighted by atomic mass is 10.2. The van der Waals surface area contributed by atoms with Crippen molar-refractivity contribution in [2.24, 2.45) is 5.92 Å². The van der Waals surface area contributed by atoms with E-state index in [1.807, 2.05) is 27.7 Å². The standard InChI is InChI=1S/C14H21NO3/c1-9(2)8-17-13-7-11(5-6-12(13)15)14(16)18-10(3)4/h5-7,9-10H,8,15H2,1-4H3. The van der Waals surface area contributed by atoms with Gasteiger partial charge < -0.3 is 15.2 Å². The van der Waals surface area contributed by atoms with E-state index in [4.69, 9.17) is 15.2 Å². The molecule has 0 aliphatic rings. The van der Waals surface area contributed by atoms with E-state index < -0.39 is 0 Å². The Morgan fingerprint density at radius 2 is 1.94 bits per heavy atom. The summed E-state index contributed by atoms with van der Waals surface area (Å²) < 4.78 is 10.7. The van der Waals surface area contributed by atoms with Crippen molar-refractivity contribution in [2.45, 2.75) is 33.8 Å². The van der Waals surface area contributed by atoms with Crippen LogP contribution >= 0.6 is 0 Å². The number of benzene rings is 1. The van der Waals surface area contributed by atoms with Crippen LogP contribution in [0.3, 0.4) is 0 Å². The minimum Gasteiger partial charge on any atom is -0.491 e. The zero-order valence-corrected chi connectivity index (χ0v) is 11.4. The van der Waals surface area contributed by atoms with E-state index in [-0.39, 0.29) is 12.1 Å². The van der Waals surface area contributed by atoms with Gasteiger partial charge >= 0.3 is 5.97 Å². The molecular formula is C14H21NO3. The maximum absolute atomic E-state index is 11.7. The van der Waals surface area contributed by atoms with Gasteiger partial charge in [0.1, 0.15) is 5.75 Å². The minimum atomic E-state index is -0.362. The predicted octanol–water partition coefficient (Wildman–Crippen LogP) is 2.87. The van der Waals surface area contributed by atoms with Crippen molar-refractivity contribution in [3.63, 3.8) is 0 Å². The molecule has 0 bridgehead atoms. The lowest BCUT2D eigenvalue weighted by Gasteiger charge is -2.13. The topological polar surface area (TPSA) is 61.5 Å². The SMILES string of the molecule is CC(C)COc1cc(C(=O)OC(C)C)ccc1N. The van der Waals surface area contributed by atoms with Gasteiger partial charge in [-0.3, -0.25) is 0 Å². The number of nitrogen functional groups attached to an aromatic ring is 1.